The van der Waals surface area contributed by atoms with E-state index in [0.29, 0.717) is 29.8 Å². The van der Waals surface area contributed by atoms with Gasteiger partial charge in [0.1, 0.15) is 0 Å². The number of carbonyl (C=O) groups excluding carboxylic acids is 2. The molecule has 3 rings (SSSR count). The van der Waals surface area contributed by atoms with Gasteiger partial charge in [0.15, 0.2) is 0 Å². The maximum atomic E-state index is 11.5. The van der Waals surface area contributed by atoms with Gasteiger partial charge in [-0.05, 0) is 17.7 Å². The first-order valence-electron chi connectivity index (χ1n) is 8.83. The summed E-state index contributed by atoms with van der Waals surface area (Å²) in [5.74, 6) is -0.145. The number of nitrogens with zero attached hydrogens (tertiary/aromatic N) is 4. The third kappa shape index (κ3) is 4.36. The fourth-order valence-corrected chi connectivity index (χ4v) is 2.86. The van der Waals surface area contributed by atoms with E-state index in [1.54, 1.807) is 43.3 Å². The fraction of sp³-hybridized carbons (Fsp3) is 0.273. The van der Waals surface area contributed by atoms with Gasteiger partial charge >= 0.3 is 0 Å². The van der Waals surface area contributed by atoms with Crippen molar-refractivity contribution in [1.29, 1.82) is 10.5 Å². The molecule has 6 nitrogen and oxygen atoms in total. The van der Waals surface area contributed by atoms with Crippen LogP contribution in [0, 0.1) is 22.7 Å². The van der Waals surface area contributed by atoms with Crippen molar-refractivity contribution in [3.8, 4) is 12.1 Å². The number of likely N-dealkylation sites (N-methyl/N-ethyl adjacent to an activating group) is 1. The molecular weight excluding hydrogens is 352 g/mol. The zero-order valence-corrected chi connectivity index (χ0v) is 16.7. The molecule has 144 valence electrons. The van der Waals surface area contributed by atoms with Gasteiger partial charge in [-0.2, -0.15) is 10.5 Å². The summed E-state index contributed by atoms with van der Waals surface area (Å²) in [6.07, 6.45) is 1.60. The van der Waals surface area contributed by atoms with Crippen molar-refractivity contribution < 1.29 is 9.59 Å². The Hall–Kier alpha value is -3.64. The van der Waals surface area contributed by atoms with Crippen molar-refractivity contribution in [3.05, 3.63) is 70.8 Å². The van der Waals surface area contributed by atoms with Crippen LogP contribution in [0.1, 0.15) is 35.3 Å². The van der Waals surface area contributed by atoms with E-state index in [2.05, 4.69) is 19.2 Å². The van der Waals surface area contributed by atoms with Crippen LogP contribution in [0.15, 0.2) is 54.2 Å². The molecule has 2 heterocycles. The monoisotopic (exact) mass is 376 g/mol. The van der Waals surface area contributed by atoms with E-state index in [1.807, 2.05) is 19.9 Å². The normalized spacial score (nSPS) is 14.2. The van der Waals surface area contributed by atoms with Gasteiger partial charge < -0.3 is 9.80 Å². The first-order chi connectivity index (χ1) is 13.3. The minimum Gasteiger partial charge on any atom is -0.337 e. The highest BCUT2D eigenvalue weighted by molar-refractivity contribution is 6.02. The van der Waals surface area contributed by atoms with Gasteiger partial charge in [-0.25, -0.2) is 0 Å². The van der Waals surface area contributed by atoms with E-state index in [-0.39, 0.29) is 17.4 Å². The molecule has 1 aromatic rings. The Bertz CT molecular complexity index is 929. The molecule has 2 amide bonds. The lowest BCUT2D eigenvalue weighted by Gasteiger charge is -2.06. The summed E-state index contributed by atoms with van der Waals surface area (Å²) in [7, 11) is 3.42. The van der Waals surface area contributed by atoms with Crippen LogP contribution >= 0.6 is 0 Å². The van der Waals surface area contributed by atoms with E-state index >= 15 is 0 Å². The second kappa shape index (κ2) is 9.89. The van der Waals surface area contributed by atoms with E-state index < -0.39 is 0 Å². The quantitative estimate of drug-likeness (QED) is 0.742. The van der Waals surface area contributed by atoms with Crippen LogP contribution in [0.5, 0.6) is 0 Å². The third-order valence-corrected chi connectivity index (χ3v) is 4.24. The summed E-state index contributed by atoms with van der Waals surface area (Å²) < 4.78 is 0. The lowest BCUT2D eigenvalue weighted by Crippen LogP contribution is -2.22. The fourth-order valence-electron chi connectivity index (χ4n) is 2.86. The van der Waals surface area contributed by atoms with Crippen LogP contribution in [0.25, 0.3) is 0 Å². The van der Waals surface area contributed by atoms with Gasteiger partial charge in [-0.15, -0.1) is 0 Å². The second-order valence-corrected chi connectivity index (χ2v) is 5.96. The molecular formula is C22H24N4O2. The van der Waals surface area contributed by atoms with Crippen molar-refractivity contribution in [3.63, 3.8) is 0 Å². The predicted molar refractivity (Wildman–Crippen MR) is 108 cm³/mol. The van der Waals surface area contributed by atoms with Gasteiger partial charge in [0.25, 0.3) is 11.8 Å². The Morgan fingerprint density at radius 1 is 1.11 bits per heavy atom. The number of amides is 2. The van der Waals surface area contributed by atoms with Gasteiger partial charge in [0.05, 0.1) is 28.8 Å². The molecule has 0 unspecified atom stereocenters. The Labute approximate surface area is 166 Å². The van der Waals surface area contributed by atoms with Gasteiger partial charge in [0.2, 0.25) is 0 Å². The number of rotatable bonds is 2. The highest BCUT2D eigenvalue weighted by atomic mass is 16.2. The third-order valence-electron chi connectivity index (χ3n) is 4.24. The average molecular weight is 376 g/mol. The van der Waals surface area contributed by atoms with Crippen molar-refractivity contribution in [2.24, 2.45) is 0 Å². The predicted octanol–water partition coefficient (Wildman–Crippen LogP) is 3.19. The molecule has 0 saturated carbocycles. The second-order valence-electron chi connectivity index (χ2n) is 5.96. The summed E-state index contributed by atoms with van der Waals surface area (Å²) in [5, 5.41) is 17.4. The topological polar surface area (TPSA) is 88.2 Å². The molecule has 0 saturated heterocycles. The molecule has 0 atom stereocenters. The number of nitriles is 2. The first kappa shape index (κ1) is 22.4. The van der Waals surface area contributed by atoms with Crippen LogP contribution in [-0.4, -0.2) is 42.3 Å². The zero-order chi connectivity index (χ0) is 21.4. The Balaban J connectivity index is 0.000000257. The van der Waals surface area contributed by atoms with Crippen LogP contribution in [0.4, 0.5) is 0 Å². The first-order valence-corrected chi connectivity index (χ1v) is 8.83. The van der Waals surface area contributed by atoms with Crippen molar-refractivity contribution in [2.75, 3.05) is 20.6 Å². The minimum absolute atomic E-state index is 0.00657. The smallest absolute Gasteiger partial charge is 0.255 e. The highest BCUT2D eigenvalue weighted by Gasteiger charge is 2.28. The van der Waals surface area contributed by atoms with Crippen molar-refractivity contribution >= 4 is 11.8 Å². The molecule has 0 aromatic heterocycles. The lowest BCUT2D eigenvalue weighted by atomic mass is 10.0. The van der Waals surface area contributed by atoms with Gasteiger partial charge in [0, 0.05) is 38.3 Å². The summed E-state index contributed by atoms with van der Waals surface area (Å²) in [5.41, 5.74) is 3.53. The van der Waals surface area contributed by atoms with Crippen LogP contribution in [0.2, 0.25) is 0 Å². The number of fused-ring (bicyclic) bond motifs is 1. The number of carbonyl (C=O) groups is 2. The molecule has 0 radical (unpaired) electrons. The summed E-state index contributed by atoms with van der Waals surface area (Å²) in [6.45, 7) is 12.2. The molecule has 28 heavy (non-hydrogen) atoms. The molecule has 2 aliphatic rings. The zero-order valence-electron chi connectivity index (χ0n) is 16.7. The molecule has 6 heteroatoms. The van der Waals surface area contributed by atoms with Gasteiger partial charge in [-0.3, -0.25) is 9.59 Å². The Morgan fingerprint density at radius 2 is 1.71 bits per heavy atom. The van der Waals surface area contributed by atoms with Crippen LogP contribution in [0.3, 0.4) is 0 Å². The largest absolute Gasteiger partial charge is 0.337 e. The van der Waals surface area contributed by atoms with Crippen LogP contribution in [-0.2, 0) is 11.3 Å². The van der Waals surface area contributed by atoms with E-state index in [9.17, 15) is 9.59 Å². The van der Waals surface area contributed by atoms with Crippen molar-refractivity contribution in [2.45, 2.75) is 20.4 Å². The van der Waals surface area contributed by atoms with Crippen LogP contribution < -0.4 is 0 Å². The summed E-state index contributed by atoms with van der Waals surface area (Å²) in [4.78, 5) is 26.1. The standard InChI is InChI=1S/C10H8N2O.C10H10N2O.C2H6/c1-12-6-9-7(5-11)3-2-4-8(9)10(12)13;1-4-8-6-12(3)10(13)9(8)7(2)5-11;1-2/h2-4H,6H2,1H3;4H,1-2,6H2,3H3;1-2H3. The molecule has 0 aliphatic carbocycles. The average Bonchev–Trinajstić information content (AvgIpc) is 3.18. The molecule has 0 N–H and O–H groups in total. The highest BCUT2D eigenvalue weighted by Crippen LogP contribution is 2.24. The Kier molecular flexibility index (Phi) is 7.91. The summed E-state index contributed by atoms with van der Waals surface area (Å²) in [6, 6.07) is 9.22. The molecule has 1 aromatic carbocycles. The van der Waals surface area contributed by atoms with E-state index in [0.717, 1.165) is 11.1 Å². The SMILES string of the molecule is C=CC1=C(C(=C)C#N)C(=O)N(C)C1.CC.CN1Cc2c(C#N)cccc2C1=O. The lowest BCUT2D eigenvalue weighted by molar-refractivity contribution is -0.124. The number of benzene rings is 1. The van der Waals surface area contributed by atoms with E-state index in [1.165, 1.54) is 4.90 Å². The Morgan fingerprint density at radius 3 is 2.25 bits per heavy atom. The molecule has 0 fully saturated rings. The number of hydrogen-bond donors (Lipinski definition) is 0. The van der Waals surface area contributed by atoms with E-state index in [4.69, 9.17) is 10.5 Å². The van der Waals surface area contributed by atoms with Gasteiger partial charge in [-0.1, -0.05) is 39.1 Å². The molecule has 0 spiro atoms. The van der Waals surface area contributed by atoms with Crippen molar-refractivity contribution in [1.82, 2.24) is 9.80 Å². The summed E-state index contributed by atoms with van der Waals surface area (Å²) >= 11 is 0. The molecule has 0 bridgehead atoms. The minimum atomic E-state index is -0.151. The molecule has 2 aliphatic heterocycles. The number of hydrogen-bond acceptors (Lipinski definition) is 4. The maximum absolute atomic E-state index is 11.5. The maximum Gasteiger partial charge on any atom is 0.255 e.